The molecule has 1 heterocycles. The zero-order valence-corrected chi connectivity index (χ0v) is 14.7. The number of hydrogen-bond acceptors (Lipinski definition) is 2. The molecule has 0 spiro atoms. The number of nitrogens with zero attached hydrogens (tertiary/aromatic N) is 1. The lowest BCUT2D eigenvalue weighted by Crippen LogP contribution is -2.33. The van der Waals surface area contributed by atoms with Crippen molar-refractivity contribution in [2.75, 3.05) is 19.6 Å². The molecule has 132 valence electrons. The number of likely N-dealkylation sites (tertiary alicyclic amines) is 1. The molecule has 0 amide bonds. The molecule has 1 fully saturated rings. The van der Waals surface area contributed by atoms with Crippen LogP contribution in [0.4, 0.5) is 4.39 Å². The van der Waals surface area contributed by atoms with E-state index in [1.807, 2.05) is 0 Å². The third-order valence-electron chi connectivity index (χ3n) is 5.15. The topological polar surface area (TPSA) is 20.3 Å². The van der Waals surface area contributed by atoms with Crippen molar-refractivity contribution in [2.24, 2.45) is 0 Å². The summed E-state index contributed by atoms with van der Waals surface area (Å²) < 4.78 is 12.9. The summed E-state index contributed by atoms with van der Waals surface area (Å²) in [5.41, 5.74) is 2.08. The highest BCUT2D eigenvalue weighted by Crippen LogP contribution is 2.27. The van der Waals surface area contributed by atoms with Crippen LogP contribution in [0.15, 0.2) is 54.6 Å². The highest BCUT2D eigenvalue weighted by Gasteiger charge is 2.19. The van der Waals surface area contributed by atoms with Gasteiger partial charge in [0.25, 0.3) is 0 Å². The second-order valence-electron chi connectivity index (χ2n) is 6.91. The van der Waals surface area contributed by atoms with Crippen molar-refractivity contribution in [3.05, 3.63) is 71.5 Å². The van der Waals surface area contributed by atoms with Crippen LogP contribution >= 0.6 is 0 Å². The van der Waals surface area contributed by atoms with Crippen molar-refractivity contribution in [3.63, 3.8) is 0 Å². The molecular weight excluding hydrogens is 313 g/mol. The van der Waals surface area contributed by atoms with E-state index < -0.39 is 0 Å². The third-order valence-corrected chi connectivity index (χ3v) is 5.15. The molecule has 1 aliphatic heterocycles. The van der Waals surface area contributed by atoms with Crippen LogP contribution in [0.2, 0.25) is 0 Å². The first kappa shape index (κ1) is 17.8. The Bertz CT molecular complexity index is 660. The standard InChI is InChI=1S/C22H26FNO/c23-21-11-9-20(10-12-21)22(25)8-4-5-15-24-16-13-19(14-17-24)18-6-2-1-3-7-18/h1-3,6-7,9-12,19H,4-5,8,13-17H2. The zero-order chi connectivity index (χ0) is 17.5. The van der Waals surface area contributed by atoms with Gasteiger partial charge in [0.15, 0.2) is 5.78 Å². The van der Waals surface area contributed by atoms with Gasteiger partial charge in [0.05, 0.1) is 0 Å². The fraction of sp³-hybridized carbons (Fsp3) is 0.409. The molecule has 0 radical (unpaired) electrons. The summed E-state index contributed by atoms with van der Waals surface area (Å²) in [4.78, 5) is 14.6. The summed E-state index contributed by atoms with van der Waals surface area (Å²) in [5.74, 6) is 0.510. The second kappa shape index (κ2) is 8.91. The van der Waals surface area contributed by atoms with Crippen LogP contribution in [0.3, 0.4) is 0 Å². The van der Waals surface area contributed by atoms with Crippen molar-refractivity contribution < 1.29 is 9.18 Å². The van der Waals surface area contributed by atoms with Gasteiger partial charge in [0.2, 0.25) is 0 Å². The van der Waals surface area contributed by atoms with Gasteiger partial charge in [-0.3, -0.25) is 4.79 Å². The van der Waals surface area contributed by atoms with Crippen LogP contribution in [0.25, 0.3) is 0 Å². The minimum atomic E-state index is -0.296. The van der Waals surface area contributed by atoms with Crippen molar-refractivity contribution >= 4 is 5.78 Å². The van der Waals surface area contributed by atoms with Crippen LogP contribution in [0.5, 0.6) is 0 Å². The smallest absolute Gasteiger partial charge is 0.162 e. The Morgan fingerprint density at radius 1 is 0.960 bits per heavy atom. The molecule has 0 bridgehead atoms. The monoisotopic (exact) mass is 339 g/mol. The van der Waals surface area contributed by atoms with E-state index in [1.54, 1.807) is 12.1 Å². The first-order chi connectivity index (χ1) is 12.2. The lowest BCUT2D eigenvalue weighted by Gasteiger charge is -2.32. The second-order valence-corrected chi connectivity index (χ2v) is 6.91. The van der Waals surface area contributed by atoms with Crippen LogP contribution in [-0.4, -0.2) is 30.3 Å². The van der Waals surface area contributed by atoms with E-state index in [2.05, 4.69) is 35.2 Å². The van der Waals surface area contributed by atoms with Crippen LogP contribution < -0.4 is 0 Å². The molecule has 2 aromatic carbocycles. The minimum Gasteiger partial charge on any atom is -0.303 e. The average molecular weight is 339 g/mol. The Morgan fingerprint density at radius 3 is 2.32 bits per heavy atom. The number of carbonyl (C=O) groups is 1. The number of rotatable bonds is 7. The van der Waals surface area contributed by atoms with E-state index in [1.165, 1.54) is 30.5 Å². The maximum absolute atomic E-state index is 12.9. The molecule has 0 N–H and O–H groups in total. The fourth-order valence-electron chi connectivity index (χ4n) is 3.62. The maximum atomic E-state index is 12.9. The quantitative estimate of drug-likeness (QED) is 0.519. The number of ketones is 1. The normalized spacial score (nSPS) is 16.0. The fourth-order valence-corrected chi connectivity index (χ4v) is 3.62. The van der Waals surface area contributed by atoms with Gasteiger partial charge in [-0.2, -0.15) is 0 Å². The van der Waals surface area contributed by atoms with Crippen molar-refractivity contribution in [2.45, 2.75) is 38.0 Å². The molecule has 1 saturated heterocycles. The van der Waals surface area contributed by atoms with E-state index in [0.717, 1.165) is 32.5 Å². The van der Waals surface area contributed by atoms with Gasteiger partial charge in [-0.05, 0) is 81.1 Å². The molecule has 1 aliphatic rings. The summed E-state index contributed by atoms with van der Waals surface area (Å²) in [6.07, 6.45) is 4.93. The number of piperidine rings is 1. The zero-order valence-electron chi connectivity index (χ0n) is 14.7. The van der Waals surface area contributed by atoms with Gasteiger partial charge < -0.3 is 4.90 Å². The van der Waals surface area contributed by atoms with Gasteiger partial charge in [0, 0.05) is 12.0 Å². The van der Waals surface area contributed by atoms with Crippen molar-refractivity contribution in [3.8, 4) is 0 Å². The number of Topliss-reactive ketones (excluding diaryl/α,β-unsaturated/α-hetero) is 1. The molecule has 25 heavy (non-hydrogen) atoms. The summed E-state index contributed by atoms with van der Waals surface area (Å²) in [6, 6.07) is 16.7. The minimum absolute atomic E-state index is 0.114. The van der Waals surface area contributed by atoms with Crippen LogP contribution in [0.1, 0.15) is 53.9 Å². The predicted molar refractivity (Wildman–Crippen MR) is 99.4 cm³/mol. The average Bonchev–Trinajstić information content (AvgIpc) is 2.67. The Hall–Kier alpha value is -2.00. The molecule has 3 heteroatoms. The lowest BCUT2D eigenvalue weighted by atomic mass is 9.89. The summed E-state index contributed by atoms with van der Waals surface area (Å²) in [7, 11) is 0. The van der Waals surface area contributed by atoms with E-state index in [-0.39, 0.29) is 11.6 Å². The molecular formula is C22H26FNO. The highest BCUT2D eigenvalue weighted by molar-refractivity contribution is 5.95. The first-order valence-corrected chi connectivity index (χ1v) is 9.28. The Balaban J connectivity index is 1.34. The number of unbranched alkanes of at least 4 members (excludes halogenated alkanes) is 1. The van der Waals surface area contributed by atoms with E-state index in [9.17, 15) is 9.18 Å². The number of halogens is 1. The van der Waals surface area contributed by atoms with Gasteiger partial charge >= 0.3 is 0 Å². The molecule has 0 aliphatic carbocycles. The summed E-state index contributed by atoms with van der Waals surface area (Å²) >= 11 is 0. The highest BCUT2D eigenvalue weighted by atomic mass is 19.1. The molecule has 0 aromatic heterocycles. The molecule has 3 rings (SSSR count). The maximum Gasteiger partial charge on any atom is 0.162 e. The van der Waals surface area contributed by atoms with Crippen LogP contribution in [0, 0.1) is 5.82 Å². The Kier molecular flexibility index (Phi) is 6.35. The number of hydrogen-bond donors (Lipinski definition) is 0. The molecule has 0 atom stereocenters. The molecule has 0 saturated carbocycles. The molecule has 2 aromatic rings. The van der Waals surface area contributed by atoms with Crippen molar-refractivity contribution in [1.82, 2.24) is 4.90 Å². The summed E-state index contributed by atoms with van der Waals surface area (Å²) in [5, 5.41) is 0. The number of carbonyl (C=O) groups excluding carboxylic acids is 1. The van der Waals surface area contributed by atoms with Gasteiger partial charge in [-0.1, -0.05) is 30.3 Å². The van der Waals surface area contributed by atoms with Gasteiger partial charge in [-0.25, -0.2) is 4.39 Å². The van der Waals surface area contributed by atoms with Gasteiger partial charge in [-0.15, -0.1) is 0 Å². The SMILES string of the molecule is O=C(CCCCN1CCC(c2ccccc2)CC1)c1ccc(F)cc1. The summed E-state index contributed by atoms with van der Waals surface area (Å²) in [6.45, 7) is 3.36. The van der Waals surface area contributed by atoms with Crippen LogP contribution in [-0.2, 0) is 0 Å². The largest absolute Gasteiger partial charge is 0.303 e. The number of benzene rings is 2. The van der Waals surface area contributed by atoms with E-state index in [0.29, 0.717) is 17.9 Å². The Labute approximate surface area is 149 Å². The van der Waals surface area contributed by atoms with E-state index in [4.69, 9.17) is 0 Å². The molecule has 2 nitrogen and oxygen atoms in total. The first-order valence-electron chi connectivity index (χ1n) is 9.28. The van der Waals surface area contributed by atoms with Gasteiger partial charge in [0.1, 0.15) is 5.82 Å². The molecule has 0 unspecified atom stereocenters. The Morgan fingerprint density at radius 2 is 1.64 bits per heavy atom. The predicted octanol–water partition coefficient (Wildman–Crippen LogP) is 5.06. The lowest BCUT2D eigenvalue weighted by molar-refractivity contribution is 0.0977. The third kappa shape index (κ3) is 5.23. The van der Waals surface area contributed by atoms with E-state index >= 15 is 0 Å². The van der Waals surface area contributed by atoms with Crippen molar-refractivity contribution in [1.29, 1.82) is 0 Å².